The Hall–Kier alpha value is -3.33. The van der Waals surface area contributed by atoms with Crippen LogP contribution < -0.4 is 0 Å². The van der Waals surface area contributed by atoms with E-state index in [0.717, 1.165) is 18.7 Å². The van der Waals surface area contributed by atoms with Crippen LogP contribution in [-0.2, 0) is 16.1 Å². The number of aliphatic carboxylic acids is 2. The van der Waals surface area contributed by atoms with Crippen LogP contribution in [0.1, 0.15) is 15.9 Å². The fraction of sp³-hybridized carbons (Fsp3) is 0.250. The van der Waals surface area contributed by atoms with Crippen LogP contribution in [0.4, 0.5) is 8.78 Å². The number of carbonyl (C=O) groups is 3. The Labute approximate surface area is 165 Å². The smallest absolute Gasteiger partial charge is 0.414 e. The number of carboxylic acid groups (broad SMARTS) is 2. The maximum atomic E-state index is 13.2. The molecule has 0 radical (unpaired) electrons. The molecule has 0 aromatic heterocycles. The Morgan fingerprint density at radius 1 is 0.828 bits per heavy atom. The van der Waals surface area contributed by atoms with Gasteiger partial charge < -0.3 is 15.1 Å². The highest BCUT2D eigenvalue weighted by atomic mass is 19.1. The molecule has 1 heterocycles. The van der Waals surface area contributed by atoms with Gasteiger partial charge >= 0.3 is 11.9 Å². The van der Waals surface area contributed by atoms with Gasteiger partial charge in [0.1, 0.15) is 11.6 Å². The molecule has 0 spiro atoms. The predicted molar refractivity (Wildman–Crippen MR) is 99.3 cm³/mol. The third-order valence-corrected chi connectivity index (χ3v) is 4.21. The summed E-state index contributed by atoms with van der Waals surface area (Å²) >= 11 is 0. The minimum Gasteiger partial charge on any atom is -0.473 e. The summed E-state index contributed by atoms with van der Waals surface area (Å²) in [7, 11) is 0. The molecule has 3 rings (SSSR count). The molecule has 154 valence electrons. The van der Waals surface area contributed by atoms with Gasteiger partial charge in [0.15, 0.2) is 0 Å². The average Bonchev–Trinajstić information content (AvgIpc) is 2.68. The van der Waals surface area contributed by atoms with E-state index in [1.165, 1.54) is 24.3 Å². The molecule has 1 aliphatic rings. The van der Waals surface area contributed by atoms with Gasteiger partial charge in [-0.3, -0.25) is 9.69 Å². The maximum absolute atomic E-state index is 13.2. The topological polar surface area (TPSA) is 98.1 Å². The molecule has 7 nitrogen and oxygen atoms in total. The molecule has 0 bridgehead atoms. The first-order valence-corrected chi connectivity index (χ1v) is 8.74. The molecule has 1 fully saturated rings. The number of hydrogen-bond donors (Lipinski definition) is 2. The molecule has 0 unspecified atom stereocenters. The number of piperazine rings is 1. The van der Waals surface area contributed by atoms with Crippen molar-refractivity contribution >= 4 is 17.8 Å². The van der Waals surface area contributed by atoms with Crippen molar-refractivity contribution in [2.45, 2.75) is 6.54 Å². The lowest BCUT2D eigenvalue weighted by Gasteiger charge is -2.34. The zero-order chi connectivity index (χ0) is 21.4. The molecule has 9 heteroatoms. The second-order valence-electron chi connectivity index (χ2n) is 6.32. The lowest BCUT2D eigenvalue weighted by Crippen LogP contribution is -2.48. The highest BCUT2D eigenvalue weighted by Crippen LogP contribution is 2.13. The van der Waals surface area contributed by atoms with Gasteiger partial charge in [-0.25, -0.2) is 18.4 Å². The summed E-state index contributed by atoms with van der Waals surface area (Å²) in [6.45, 7) is 3.28. The molecule has 2 aromatic rings. The van der Waals surface area contributed by atoms with E-state index < -0.39 is 17.8 Å². The van der Waals surface area contributed by atoms with E-state index in [1.54, 1.807) is 23.1 Å². The Morgan fingerprint density at radius 3 is 1.90 bits per heavy atom. The van der Waals surface area contributed by atoms with Crippen LogP contribution in [0.3, 0.4) is 0 Å². The van der Waals surface area contributed by atoms with Crippen LogP contribution >= 0.6 is 0 Å². The van der Waals surface area contributed by atoms with Crippen LogP contribution in [0.15, 0.2) is 48.5 Å². The average molecular weight is 406 g/mol. The zero-order valence-electron chi connectivity index (χ0n) is 15.4. The minimum absolute atomic E-state index is 0.144. The summed E-state index contributed by atoms with van der Waals surface area (Å²) in [5.41, 5.74) is 1.30. The van der Waals surface area contributed by atoms with Crippen molar-refractivity contribution in [3.63, 3.8) is 0 Å². The number of carbonyl (C=O) groups excluding carboxylic acids is 1. The van der Waals surface area contributed by atoms with Crippen LogP contribution in [0.5, 0.6) is 0 Å². The summed E-state index contributed by atoms with van der Waals surface area (Å²) in [4.78, 5) is 34.5. The van der Waals surface area contributed by atoms with Crippen molar-refractivity contribution in [2.75, 3.05) is 26.2 Å². The lowest BCUT2D eigenvalue weighted by atomic mass is 10.1. The Morgan fingerprint density at radius 2 is 1.38 bits per heavy atom. The summed E-state index contributed by atoms with van der Waals surface area (Å²) < 4.78 is 26.4. The van der Waals surface area contributed by atoms with Crippen molar-refractivity contribution in [3.8, 4) is 0 Å². The number of nitrogens with zero attached hydrogens (tertiary/aromatic N) is 2. The molecular weight excluding hydrogens is 386 g/mol. The Bertz CT molecular complexity index is 871. The normalized spacial score (nSPS) is 13.9. The largest absolute Gasteiger partial charge is 0.473 e. The first-order chi connectivity index (χ1) is 13.8. The second kappa shape index (κ2) is 10.3. The van der Waals surface area contributed by atoms with Gasteiger partial charge in [0.05, 0.1) is 0 Å². The molecule has 2 aromatic carbocycles. The van der Waals surface area contributed by atoms with Gasteiger partial charge in [-0.1, -0.05) is 18.2 Å². The minimum atomic E-state index is -1.82. The number of carboxylic acids is 2. The Balaban J connectivity index is 0.000000438. The van der Waals surface area contributed by atoms with E-state index in [1.807, 2.05) is 6.07 Å². The molecule has 1 amide bonds. The number of amides is 1. The predicted octanol–water partition coefficient (Wildman–Crippen LogP) is 2.08. The van der Waals surface area contributed by atoms with E-state index in [2.05, 4.69) is 4.90 Å². The van der Waals surface area contributed by atoms with Gasteiger partial charge in [0.2, 0.25) is 0 Å². The van der Waals surface area contributed by atoms with E-state index >= 15 is 0 Å². The zero-order valence-corrected chi connectivity index (χ0v) is 15.4. The van der Waals surface area contributed by atoms with Crippen LogP contribution in [0.2, 0.25) is 0 Å². The molecule has 0 aliphatic carbocycles. The molecule has 1 saturated heterocycles. The summed E-state index contributed by atoms with van der Waals surface area (Å²) in [6, 6.07) is 12.3. The fourth-order valence-electron chi connectivity index (χ4n) is 2.81. The first-order valence-electron chi connectivity index (χ1n) is 8.74. The number of rotatable bonds is 3. The van der Waals surface area contributed by atoms with E-state index in [-0.39, 0.29) is 11.7 Å². The molecule has 0 atom stereocenters. The van der Waals surface area contributed by atoms with Crippen LogP contribution in [-0.4, -0.2) is 64.0 Å². The second-order valence-corrected chi connectivity index (χ2v) is 6.32. The van der Waals surface area contributed by atoms with Crippen LogP contribution in [0.25, 0.3) is 0 Å². The standard InChI is InChI=1S/C18H18F2N2O.C2H2O4/c19-16-5-1-3-14(11-16)13-21-7-9-22(10-8-21)18(23)15-4-2-6-17(20)12-15;3-1(4)2(5)6/h1-6,11-12H,7-10,13H2;(H,3,4)(H,5,6). The molecule has 1 aliphatic heterocycles. The third-order valence-electron chi connectivity index (χ3n) is 4.21. The Kier molecular flexibility index (Phi) is 7.79. The van der Waals surface area contributed by atoms with Gasteiger partial charge in [0.25, 0.3) is 5.91 Å². The maximum Gasteiger partial charge on any atom is 0.414 e. The van der Waals surface area contributed by atoms with Crippen molar-refractivity contribution in [1.29, 1.82) is 0 Å². The molecule has 2 N–H and O–H groups in total. The fourth-order valence-corrected chi connectivity index (χ4v) is 2.81. The molecular formula is C20H20F2N2O5. The highest BCUT2D eigenvalue weighted by molar-refractivity contribution is 6.27. The molecule has 29 heavy (non-hydrogen) atoms. The van der Waals surface area contributed by atoms with Crippen molar-refractivity contribution in [1.82, 2.24) is 9.80 Å². The van der Waals surface area contributed by atoms with E-state index in [0.29, 0.717) is 25.2 Å². The monoisotopic (exact) mass is 406 g/mol. The van der Waals surface area contributed by atoms with Crippen molar-refractivity contribution < 1.29 is 33.4 Å². The SMILES string of the molecule is O=C(O)C(=O)O.O=C(c1cccc(F)c1)N1CCN(Cc2cccc(F)c2)CC1. The third kappa shape index (κ3) is 6.96. The first kappa shape index (κ1) is 22.0. The number of halogens is 2. The number of benzene rings is 2. The summed E-state index contributed by atoms with van der Waals surface area (Å²) in [5, 5.41) is 14.8. The van der Waals surface area contributed by atoms with Gasteiger partial charge in [-0.05, 0) is 35.9 Å². The van der Waals surface area contributed by atoms with E-state index in [4.69, 9.17) is 19.8 Å². The molecule has 0 saturated carbocycles. The number of hydrogen-bond acceptors (Lipinski definition) is 4. The summed E-state index contributed by atoms with van der Waals surface area (Å²) in [5.74, 6) is -4.43. The van der Waals surface area contributed by atoms with Crippen LogP contribution in [0, 0.1) is 11.6 Å². The van der Waals surface area contributed by atoms with Crippen molar-refractivity contribution in [2.24, 2.45) is 0 Å². The quantitative estimate of drug-likeness (QED) is 0.758. The van der Waals surface area contributed by atoms with Gasteiger partial charge in [0, 0.05) is 38.3 Å². The highest BCUT2D eigenvalue weighted by Gasteiger charge is 2.22. The summed E-state index contributed by atoms with van der Waals surface area (Å²) in [6.07, 6.45) is 0. The lowest BCUT2D eigenvalue weighted by molar-refractivity contribution is -0.159. The van der Waals surface area contributed by atoms with E-state index in [9.17, 15) is 13.6 Å². The van der Waals surface area contributed by atoms with Crippen molar-refractivity contribution in [3.05, 3.63) is 71.3 Å². The van der Waals surface area contributed by atoms with Gasteiger partial charge in [-0.15, -0.1) is 0 Å². The van der Waals surface area contributed by atoms with Gasteiger partial charge in [-0.2, -0.15) is 0 Å².